The summed E-state index contributed by atoms with van der Waals surface area (Å²) in [6.07, 6.45) is 9.33. The molecule has 1 aromatic rings. The summed E-state index contributed by atoms with van der Waals surface area (Å²) in [4.78, 5) is 29.4. The van der Waals surface area contributed by atoms with E-state index in [1.807, 2.05) is 22.7 Å². The Balaban J connectivity index is 1.13. The molecule has 34 heavy (non-hydrogen) atoms. The summed E-state index contributed by atoms with van der Waals surface area (Å²) in [5, 5.41) is 18.8. The van der Waals surface area contributed by atoms with E-state index < -0.39 is 5.60 Å². The van der Waals surface area contributed by atoms with Gasteiger partial charge in [-0.05, 0) is 81.5 Å². The summed E-state index contributed by atoms with van der Waals surface area (Å²) in [5.41, 5.74) is 0.0170. The number of carbonyl (C=O) groups excluding carboxylic acids is 2. The van der Waals surface area contributed by atoms with Gasteiger partial charge in [0.25, 0.3) is 5.91 Å². The monoisotopic (exact) mass is 469 g/mol. The third-order valence-electron chi connectivity index (χ3n) is 9.42. The highest BCUT2D eigenvalue weighted by atomic mass is 16.3. The zero-order valence-corrected chi connectivity index (χ0v) is 20.6. The number of rotatable bonds is 6. The molecule has 0 radical (unpaired) electrons. The van der Waals surface area contributed by atoms with E-state index in [-0.39, 0.29) is 17.9 Å². The molecule has 7 rings (SSSR count). The van der Waals surface area contributed by atoms with Gasteiger partial charge in [-0.3, -0.25) is 14.3 Å². The average Bonchev–Trinajstić information content (AvgIpc) is 3.55. The second kappa shape index (κ2) is 8.25. The molecule has 2 amide bonds. The molecule has 8 heteroatoms. The molecule has 2 unspecified atom stereocenters. The molecule has 4 bridgehead atoms. The minimum absolute atomic E-state index is 0.0724. The van der Waals surface area contributed by atoms with Crippen molar-refractivity contribution in [3.63, 3.8) is 0 Å². The standard InChI is InChI=1S/C26H39N5O3/c1-16(32)30-7-5-17(6-8-30)15-31(21-3-4-21)23-11-22(28-29(23)2)25(33)27-24-19-9-18-10-20(24)14-26(34,12-18)13-19/h11,17-21,24,34H,3-10,12-15H2,1-2H3,(H,27,33). The van der Waals surface area contributed by atoms with Crippen LogP contribution < -0.4 is 10.2 Å². The van der Waals surface area contributed by atoms with Crippen molar-refractivity contribution in [3.05, 3.63) is 11.8 Å². The SMILES string of the molecule is CC(=O)N1CCC(CN(c2cc(C(=O)NC3C4CC5CC3CC(O)(C5)C4)nn2C)C2CC2)CC1. The Morgan fingerprint density at radius 2 is 1.82 bits per heavy atom. The maximum absolute atomic E-state index is 13.3. The average molecular weight is 470 g/mol. The summed E-state index contributed by atoms with van der Waals surface area (Å²) >= 11 is 0. The van der Waals surface area contributed by atoms with Gasteiger partial charge in [0.2, 0.25) is 5.91 Å². The molecule has 2 N–H and O–H groups in total. The maximum Gasteiger partial charge on any atom is 0.272 e. The van der Waals surface area contributed by atoms with Crippen molar-refractivity contribution in [1.29, 1.82) is 0 Å². The molecular formula is C26H39N5O3. The van der Waals surface area contributed by atoms with Crippen LogP contribution in [-0.4, -0.2) is 68.9 Å². The fourth-order valence-electron chi connectivity index (χ4n) is 7.80. The minimum atomic E-state index is -0.485. The quantitative estimate of drug-likeness (QED) is 0.667. The molecule has 1 aromatic heterocycles. The third kappa shape index (κ3) is 4.12. The highest BCUT2D eigenvalue weighted by molar-refractivity contribution is 5.93. The van der Waals surface area contributed by atoms with Crippen molar-refractivity contribution in [2.75, 3.05) is 24.5 Å². The van der Waals surface area contributed by atoms with Crippen LogP contribution in [0.2, 0.25) is 0 Å². The first-order chi connectivity index (χ1) is 16.3. The lowest BCUT2D eigenvalue weighted by atomic mass is 9.52. The summed E-state index contributed by atoms with van der Waals surface area (Å²) in [6.45, 7) is 4.31. The van der Waals surface area contributed by atoms with Crippen LogP contribution in [0.25, 0.3) is 0 Å². The first kappa shape index (κ1) is 22.4. The Morgan fingerprint density at radius 1 is 1.15 bits per heavy atom. The van der Waals surface area contributed by atoms with E-state index in [2.05, 4.69) is 15.3 Å². The van der Waals surface area contributed by atoms with Gasteiger partial charge in [-0.2, -0.15) is 5.10 Å². The highest BCUT2D eigenvalue weighted by Crippen LogP contribution is 2.55. The normalized spacial score (nSPS) is 35.0. The fourth-order valence-corrected chi connectivity index (χ4v) is 7.80. The van der Waals surface area contributed by atoms with Crippen molar-refractivity contribution in [3.8, 4) is 0 Å². The number of aromatic nitrogens is 2. The number of aryl methyl sites for hydroxylation is 1. The van der Waals surface area contributed by atoms with E-state index in [1.165, 1.54) is 12.8 Å². The molecule has 2 heterocycles. The second-order valence-corrected chi connectivity index (χ2v) is 12.0. The number of carbonyl (C=O) groups is 2. The third-order valence-corrected chi connectivity index (χ3v) is 9.42. The van der Waals surface area contributed by atoms with E-state index in [0.717, 1.165) is 70.4 Å². The van der Waals surface area contributed by atoms with Gasteiger partial charge in [0.1, 0.15) is 5.82 Å². The molecule has 2 atom stereocenters. The molecule has 5 saturated carbocycles. The molecule has 0 spiro atoms. The summed E-state index contributed by atoms with van der Waals surface area (Å²) < 4.78 is 1.87. The number of hydrogen-bond donors (Lipinski definition) is 2. The number of nitrogens with zero attached hydrogens (tertiary/aromatic N) is 4. The zero-order valence-electron chi connectivity index (χ0n) is 20.6. The molecule has 8 nitrogen and oxygen atoms in total. The molecular weight excluding hydrogens is 430 g/mol. The van der Waals surface area contributed by atoms with Crippen LogP contribution in [0.4, 0.5) is 5.82 Å². The topological polar surface area (TPSA) is 90.7 Å². The van der Waals surface area contributed by atoms with Gasteiger partial charge < -0.3 is 20.2 Å². The highest BCUT2D eigenvalue weighted by Gasteiger charge is 2.55. The van der Waals surface area contributed by atoms with Crippen LogP contribution in [0.5, 0.6) is 0 Å². The summed E-state index contributed by atoms with van der Waals surface area (Å²) in [6, 6.07) is 2.67. The van der Waals surface area contributed by atoms with Crippen molar-refractivity contribution >= 4 is 17.6 Å². The van der Waals surface area contributed by atoms with Crippen molar-refractivity contribution in [2.24, 2.45) is 30.7 Å². The number of nitrogens with one attached hydrogen (secondary N) is 1. The van der Waals surface area contributed by atoms with Gasteiger partial charge in [0.15, 0.2) is 5.69 Å². The number of hydrogen-bond acceptors (Lipinski definition) is 5. The Labute approximate surface area is 202 Å². The Bertz CT molecular complexity index is 948. The number of anilines is 1. The smallest absolute Gasteiger partial charge is 0.272 e. The molecule has 1 aliphatic heterocycles. The van der Waals surface area contributed by atoms with Crippen LogP contribution in [-0.2, 0) is 11.8 Å². The van der Waals surface area contributed by atoms with E-state index >= 15 is 0 Å². The zero-order chi connectivity index (χ0) is 23.6. The predicted molar refractivity (Wildman–Crippen MR) is 128 cm³/mol. The lowest BCUT2D eigenvalue weighted by Gasteiger charge is -2.58. The number of aliphatic hydroxyl groups is 1. The van der Waals surface area contributed by atoms with Gasteiger partial charge in [-0.1, -0.05) is 0 Å². The molecule has 0 aromatic carbocycles. The van der Waals surface area contributed by atoms with Crippen molar-refractivity contribution in [2.45, 2.75) is 82.4 Å². The molecule has 6 aliphatic rings. The van der Waals surface area contributed by atoms with Crippen LogP contribution in [0.15, 0.2) is 6.07 Å². The van der Waals surface area contributed by atoms with Crippen LogP contribution in [0.1, 0.15) is 75.2 Å². The second-order valence-electron chi connectivity index (χ2n) is 12.0. The van der Waals surface area contributed by atoms with Crippen LogP contribution in [0, 0.1) is 23.7 Å². The number of likely N-dealkylation sites (tertiary alicyclic amines) is 1. The van der Waals surface area contributed by atoms with Crippen LogP contribution in [0.3, 0.4) is 0 Å². The van der Waals surface area contributed by atoms with E-state index in [1.54, 1.807) is 6.92 Å². The lowest BCUT2D eigenvalue weighted by Crippen LogP contribution is -2.61. The summed E-state index contributed by atoms with van der Waals surface area (Å²) in [5.74, 6) is 3.11. The molecule has 186 valence electrons. The van der Waals surface area contributed by atoms with Gasteiger partial charge >= 0.3 is 0 Å². The lowest BCUT2D eigenvalue weighted by molar-refractivity contribution is -0.137. The first-order valence-electron chi connectivity index (χ1n) is 13.4. The number of piperidine rings is 1. The largest absolute Gasteiger partial charge is 0.390 e. The Hall–Kier alpha value is -2.09. The minimum Gasteiger partial charge on any atom is -0.390 e. The fraction of sp³-hybridized carbons (Fsp3) is 0.808. The van der Waals surface area contributed by atoms with Gasteiger partial charge in [-0.25, -0.2) is 0 Å². The molecule has 5 aliphatic carbocycles. The number of amides is 2. The van der Waals surface area contributed by atoms with Crippen molar-refractivity contribution < 1.29 is 14.7 Å². The maximum atomic E-state index is 13.3. The Kier molecular flexibility index (Phi) is 5.43. The van der Waals surface area contributed by atoms with Gasteiger partial charge in [-0.15, -0.1) is 0 Å². The van der Waals surface area contributed by atoms with E-state index in [0.29, 0.717) is 35.4 Å². The van der Waals surface area contributed by atoms with Crippen LogP contribution >= 0.6 is 0 Å². The predicted octanol–water partition coefficient (Wildman–Crippen LogP) is 2.32. The molecule has 1 saturated heterocycles. The van der Waals surface area contributed by atoms with Gasteiger partial charge in [0, 0.05) is 51.8 Å². The van der Waals surface area contributed by atoms with E-state index in [9.17, 15) is 14.7 Å². The van der Waals surface area contributed by atoms with E-state index in [4.69, 9.17) is 0 Å². The summed E-state index contributed by atoms with van der Waals surface area (Å²) in [7, 11) is 1.94. The first-order valence-corrected chi connectivity index (χ1v) is 13.4. The molecule has 6 fully saturated rings. The Morgan fingerprint density at radius 3 is 2.41 bits per heavy atom. The van der Waals surface area contributed by atoms with Crippen molar-refractivity contribution in [1.82, 2.24) is 20.0 Å². The van der Waals surface area contributed by atoms with Gasteiger partial charge in [0.05, 0.1) is 5.60 Å².